The Hall–Kier alpha value is -0.970. The first kappa shape index (κ1) is 13.1. The second kappa shape index (κ2) is 4.91. The molecule has 0 aliphatic carbocycles. The third-order valence-electron chi connectivity index (χ3n) is 2.59. The van der Waals surface area contributed by atoms with Crippen LogP contribution in [0, 0.1) is 24.3 Å². The van der Waals surface area contributed by atoms with Crippen LogP contribution >= 0.6 is 0 Å². The molecule has 16 heavy (non-hydrogen) atoms. The number of hydrogen-bond acceptors (Lipinski definition) is 2. The van der Waals surface area contributed by atoms with Gasteiger partial charge in [-0.1, -0.05) is 23.0 Å². The zero-order chi connectivity index (χ0) is 11.0. The average Bonchev–Trinajstić information content (AvgIpc) is 2.45. The first-order valence-electron chi connectivity index (χ1n) is 4.67. The van der Waals surface area contributed by atoms with Gasteiger partial charge in [-0.2, -0.15) is 4.85 Å². The fraction of sp³-hybridized carbons (Fsp3) is 0.182. The van der Waals surface area contributed by atoms with Crippen LogP contribution in [0.3, 0.4) is 0 Å². The van der Waals surface area contributed by atoms with E-state index in [0.717, 1.165) is 11.1 Å². The number of benzene rings is 1. The molecule has 0 N–H and O–H groups in total. The molecule has 0 bridgehead atoms. The van der Waals surface area contributed by atoms with Crippen LogP contribution in [0.25, 0.3) is 11.3 Å². The first-order chi connectivity index (χ1) is 7.13. The molecule has 0 spiro atoms. The zero-order valence-electron chi connectivity index (χ0n) is 9.60. The summed E-state index contributed by atoms with van der Waals surface area (Å²) in [5.74, 6) is 0. The van der Waals surface area contributed by atoms with Crippen molar-refractivity contribution in [3.05, 3.63) is 52.0 Å². The number of rotatable bonds is 1. The Morgan fingerprint density at radius 1 is 1.12 bits per heavy atom. The molecule has 2 aromatic rings. The fourth-order valence-corrected chi connectivity index (χ4v) is 1.61. The summed E-state index contributed by atoms with van der Waals surface area (Å²) in [5, 5.41) is 22.9. The van der Waals surface area contributed by atoms with E-state index in [4.69, 9.17) is 0 Å². The summed E-state index contributed by atoms with van der Waals surface area (Å²) >= 11 is 0. The van der Waals surface area contributed by atoms with Crippen LogP contribution in [0.5, 0.6) is 0 Å². The van der Waals surface area contributed by atoms with Crippen LogP contribution in [0.4, 0.5) is 0 Å². The van der Waals surface area contributed by atoms with E-state index >= 15 is 0 Å². The van der Waals surface area contributed by atoms with E-state index in [2.05, 4.69) is 0 Å². The molecule has 2 rings (SSSR count). The topological polar surface area (TPSA) is 54.9 Å². The summed E-state index contributed by atoms with van der Waals surface area (Å²) in [5.41, 5.74) is 2.38. The van der Waals surface area contributed by atoms with Crippen molar-refractivity contribution in [2.45, 2.75) is 13.8 Å². The van der Waals surface area contributed by atoms with E-state index in [1.54, 1.807) is 13.8 Å². The van der Waals surface area contributed by atoms with Crippen molar-refractivity contribution in [2.75, 3.05) is 0 Å². The van der Waals surface area contributed by atoms with Crippen molar-refractivity contribution in [1.29, 1.82) is 0 Å². The van der Waals surface area contributed by atoms with Gasteiger partial charge in [-0.25, -0.2) is 0 Å². The minimum atomic E-state index is 0. The molecule has 4 nitrogen and oxygen atoms in total. The standard InChI is InChI=1S/C11H11N2O2.Na/c1-8-9(2)12(14)13(15)11(8)10-6-4-3-5-7-10;/h3-7H,1-2H3;/q-1;+1. The van der Waals surface area contributed by atoms with Crippen molar-refractivity contribution in [1.82, 2.24) is 4.85 Å². The molecule has 1 heterocycles. The Kier molecular flexibility index (Phi) is 4.02. The quantitative estimate of drug-likeness (QED) is 0.347. The predicted molar refractivity (Wildman–Crippen MR) is 57.1 cm³/mol. The van der Waals surface area contributed by atoms with Crippen LogP contribution in [0.15, 0.2) is 30.3 Å². The molecular formula is C11H11N2NaO2. The van der Waals surface area contributed by atoms with Crippen molar-refractivity contribution >= 4 is 0 Å². The van der Waals surface area contributed by atoms with Gasteiger partial charge >= 0.3 is 29.6 Å². The van der Waals surface area contributed by atoms with Crippen LogP contribution in [-0.2, 0) is 0 Å². The summed E-state index contributed by atoms with van der Waals surface area (Å²) in [6, 6.07) is 9.18. The molecule has 0 amide bonds. The van der Waals surface area contributed by atoms with Gasteiger partial charge in [0.2, 0.25) is 0 Å². The maximum atomic E-state index is 11.6. The van der Waals surface area contributed by atoms with Crippen molar-refractivity contribution < 1.29 is 34.4 Å². The SMILES string of the molecule is Cc1c(C)n([O-])[n+]([O-])c1-c1ccccc1.[Na+]. The second-order valence-electron chi connectivity index (χ2n) is 3.47. The van der Waals surface area contributed by atoms with E-state index in [9.17, 15) is 10.4 Å². The Labute approximate surface area is 116 Å². The van der Waals surface area contributed by atoms with Crippen molar-refractivity contribution in [2.24, 2.45) is 0 Å². The molecule has 0 aliphatic rings. The molecule has 0 radical (unpaired) electrons. The van der Waals surface area contributed by atoms with Crippen molar-refractivity contribution in [3.8, 4) is 11.3 Å². The normalized spacial score (nSPS) is 9.88. The van der Waals surface area contributed by atoms with Gasteiger partial charge in [0.1, 0.15) is 0 Å². The van der Waals surface area contributed by atoms with Gasteiger partial charge in [-0.05, 0) is 26.0 Å². The zero-order valence-corrected chi connectivity index (χ0v) is 11.6. The van der Waals surface area contributed by atoms with Gasteiger partial charge in [0.15, 0.2) is 0 Å². The van der Waals surface area contributed by atoms with Gasteiger partial charge < -0.3 is 10.4 Å². The number of nitrogens with zero attached hydrogens (tertiary/aromatic N) is 2. The molecule has 0 atom stereocenters. The van der Waals surface area contributed by atoms with Crippen LogP contribution in [-0.4, -0.2) is 4.85 Å². The Morgan fingerprint density at radius 3 is 2.12 bits per heavy atom. The number of aromatic nitrogens is 2. The fourth-order valence-electron chi connectivity index (χ4n) is 1.61. The largest absolute Gasteiger partial charge is 1.00 e. The summed E-state index contributed by atoms with van der Waals surface area (Å²) in [7, 11) is 0. The average molecular weight is 226 g/mol. The van der Waals surface area contributed by atoms with E-state index in [1.807, 2.05) is 30.3 Å². The van der Waals surface area contributed by atoms with E-state index in [-0.39, 0.29) is 29.6 Å². The summed E-state index contributed by atoms with van der Waals surface area (Å²) < 4.78 is 0. The van der Waals surface area contributed by atoms with Gasteiger partial charge in [0.05, 0.1) is 11.3 Å². The smallest absolute Gasteiger partial charge is 0.758 e. The Morgan fingerprint density at radius 2 is 1.69 bits per heavy atom. The monoisotopic (exact) mass is 226 g/mol. The molecule has 0 fully saturated rings. The minimum absolute atomic E-state index is 0. The molecule has 1 aromatic heterocycles. The van der Waals surface area contributed by atoms with Crippen LogP contribution < -0.4 is 34.4 Å². The molecule has 0 saturated heterocycles. The van der Waals surface area contributed by atoms with Crippen LogP contribution in [0.2, 0.25) is 0 Å². The maximum Gasteiger partial charge on any atom is 1.00 e. The van der Waals surface area contributed by atoms with Crippen LogP contribution in [0.1, 0.15) is 11.3 Å². The molecule has 1 aromatic carbocycles. The molecule has 78 valence electrons. The Balaban J connectivity index is 0.00000128. The first-order valence-corrected chi connectivity index (χ1v) is 4.67. The van der Waals surface area contributed by atoms with Gasteiger partial charge in [-0.3, -0.25) is 0 Å². The van der Waals surface area contributed by atoms with Gasteiger partial charge in [0.25, 0.3) is 5.69 Å². The number of hydrogen-bond donors (Lipinski definition) is 0. The molecule has 0 saturated carbocycles. The molecule has 0 aliphatic heterocycles. The third-order valence-corrected chi connectivity index (χ3v) is 2.59. The van der Waals surface area contributed by atoms with E-state index in [1.165, 1.54) is 0 Å². The summed E-state index contributed by atoms with van der Waals surface area (Å²) in [4.78, 5) is 0.762. The van der Waals surface area contributed by atoms with E-state index in [0.29, 0.717) is 21.1 Å². The Bertz CT molecular complexity index is 469. The van der Waals surface area contributed by atoms with E-state index < -0.39 is 0 Å². The molecule has 5 heteroatoms. The van der Waals surface area contributed by atoms with Crippen molar-refractivity contribution in [3.63, 3.8) is 0 Å². The molecule has 0 unspecified atom stereocenters. The third kappa shape index (κ3) is 1.96. The van der Waals surface area contributed by atoms with Gasteiger partial charge in [-0.15, -0.1) is 0 Å². The summed E-state index contributed by atoms with van der Waals surface area (Å²) in [6.45, 7) is 3.42. The summed E-state index contributed by atoms with van der Waals surface area (Å²) in [6.07, 6.45) is 0. The van der Waals surface area contributed by atoms with Gasteiger partial charge in [0, 0.05) is 5.56 Å². The predicted octanol–water partition coefficient (Wildman–Crippen LogP) is -1.24. The second-order valence-corrected chi connectivity index (χ2v) is 3.47. The minimum Gasteiger partial charge on any atom is -0.758 e. The molecular weight excluding hydrogens is 215 g/mol. The maximum absolute atomic E-state index is 11.6.